The fourth-order valence-corrected chi connectivity index (χ4v) is 0.432. The highest BCUT2D eigenvalue weighted by Crippen LogP contribution is 2.11. The number of hydrogen-bond donors (Lipinski definition) is 1. The molecule has 0 heterocycles. The maximum Gasteiger partial charge on any atom is 0.239 e. The van der Waals surface area contributed by atoms with Crippen molar-refractivity contribution in [2.24, 2.45) is 5.41 Å². The minimum absolute atomic E-state index is 0.211. The molecule has 0 fully saturated rings. The van der Waals surface area contributed by atoms with Crippen LogP contribution in [0.1, 0.15) is 20.8 Å². The van der Waals surface area contributed by atoms with Crippen molar-refractivity contribution in [3.05, 3.63) is 0 Å². The highest BCUT2D eigenvalue weighted by atomic mass is 16.2. The standard InChI is InChI=1S/C7H12N2O/c1-4-9-6(10)7(2,3)5-8/h4H2,1-3H3,(H,9,10). The summed E-state index contributed by atoms with van der Waals surface area (Å²) in [4.78, 5) is 11.0. The number of nitrogens with zero attached hydrogens (tertiary/aromatic N) is 1. The summed E-state index contributed by atoms with van der Waals surface area (Å²) in [5.74, 6) is -0.211. The van der Waals surface area contributed by atoms with E-state index >= 15 is 0 Å². The van der Waals surface area contributed by atoms with Crippen molar-refractivity contribution in [1.29, 1.82) is 5.26 Å². The van der Waals surface area contributed by atoms with Gasteiger partial charge in [-0.15, -0.1) is 0 Å². The lowest BCUT2D eigenvalue weighted by Gasteiger charge is -2.12. The average molecular weight is 140 g/mol. The Morgan fingerprint density at radius 3 is 2.50 bits per heavy atom. The van der Waals surface area contributed by atoms with Gasteiger partial charge in [-0.25, -0.2) is 0 Å². The van der Waals surface area contributed by atoms with E-state index in [9.17, 15) is 4.79 Å². The van der Waals surface area contributed by atoms with Crippen LogP contribution in [0.4, 0.5) is 0 Å². The molecule has 0 saturated heterocycles. The molecule has 0 aromatic carbocycles. The zero-order valence-corrected chi connectivity index (χ0v) is 6.56. The van der Waals surface area contributed by atoms with Gasteiger partial charge in [0.1, 0.15) is 5.41 Å². The van der Waals surface area contributed by atoms with Crippen molar-refractivity contribution in [1.82, 2.24) is 5.32 Å². The van der Waals surface area contributed by atoms with Crippen molar-refractivity contribution in [3.63, 3.8) is 0 Å². The number of hydrogen-bond acceptors (Lipinski definition) is 2. The number of rotatable bonds is 2. The van der Waals surface area contributed by atoms with Gasteiger partial charge in [-0.05, 0) is 20.8 Å². The van der Waals surface area contributed by atoms with Gasteiger partial charge in [-0.3, -0.25) is 4.79 Å². The van der Waals surface area contributed by atoms with E-state index in [1.54, 1.807) is 13.8 Å². The fraction of sp³-hybridized carbons (Fsp3) is 0.714. The Hall–Kier alpha value is -1.04. The number of carbonyl (C=O) groups excluding carboxylic acids is 1. The molecular weight excluding hydrogens is 128 g/mol. The van der Waals surface area contributed by atoms with Gasteiger partial charge in [0.25, 0.3) is 0 Å². The largest absolute Gasteiger partial charge is 0.355 e. The molecular formula is C7H12N2O. The molecule has 56 valence electrons. The Morgan fingerprint density at radius 2 is 2.20 bits per heavy atom. The summed E-state index contributed by atoms with van der Waals surface area (Å²) in [5.41, 5.74) is -0.893. The topological polar surface area (TPSA) is 52.9 Å². The summed E-state index contributed by atoms with van der Waals surface area (Å²) in [6, 6.07) is 1.91. The molecule has 1 amide bonds. The summed E-state index contributed by atoms with van der Waals surface area (Å²) in [6.45, 7) is 5.59. The highest BCUT2D eigenvalue weighted by molar-refractivity contribution is 5.84. The van der Waals surface area contributed by atoms with Crippen molar-refractivity contribution in [2.75, 3.05) is 6.54 Å². The third kappa shape index (κ3) is 2.06. The molecule has 0 aromatic heterocycles. The van der Waals surface area contributed by atoms with Crippen molar-refractivity contribution >= 4 is 5.91 Å². The predicted octanol–water partition coefficient (Wildman–Crippen LogP) is 0.672. The number of nitrogens with one attached hydrogen (secondary N) is 1. The highest BCUT2D eigenvalue weighted by Gasteiger charge is 2.25. The molecule has 10 heavy (non-hydrogen) atoms. The second-order valence-electron chi connectivity index (χ2n) is 2.60. The van der Waals surface area contributed by atoms with E-state index < -0.39 is 5.41 Å². The lowest BCUT2D eigenvalue weighted by atomic mass is 9.95. The van der Waals surface area contributed by atoms with Crippen LogP contribution in [0.5, 0.6) is 0 Å². The van der Waals surface area contributed by atoms with Gasteiger partial charge in [0.05, 0.1) is 6.07 Å². The molecule has 0 rings (SSSR count). The van der Waals surface area contributed by atoms with Crippen LogP contribution in [0.25, 0.3) is 0 Å². The van der Waals surface area contributed by atoms with Crippen molar-refractivity contribution in [3.8, 4) is 6.07 Å². The van der Waals surface area contributed by atoms with Crippen LogP contribution >= 0.6 is 0 Å². The molecule has 0 bridgehead atoms. The first-order valence-electron chi connectivity index (χ1n) is 3.24. The van der Waals surface area contributed by atoms with Crippen LogP contribution in [0, 0.1) is 16.7 Å². The zero-order chi connectivity index (χ0) is 8.20. The Labute approximate surface area is 61.0 Å². The molecule has 1 N–H and O–H groups in total. The van der Waals surface area contributed by atoms with Crippen LogP contribution in [0.15, 0.2) is 0 Å². The van der Waals surface area contributed by atoms with Gasteiger partial charge in [0.2, 0.25) is 5.91 Å². The molecule has 0 radical (unpaired) electrons. The third-order valence-electron chi connectivity index (χ3n) is 1.18. The molecule has 0 aromatic rings. The molecule has 0 saturated carbocycles. The quantitative estimate of drug-likeness (QED) is 0.613. The first-order valence-corrected chi connectivity index (χ1v) is 3.24. The lowest BCUT2D eigenvalue weighted by molar-refractivity contribution is -0.126. The van der Waals surface area contributed by atoms with Gasteiger partial charge in [-0.2, -0.15) is 5.26 Å². The monoisotopic (exact) mass is 140 g/mol. The number of amides is 1. The second-order valence-corrected chi connectivity index (χ2v) is 2.60. The Morgan fingerprint density at radius 1 is 1.70 bits per heavy atom. The third-order valence-corrected chi connectivity index (χ3v) is 1.18. The van der Waals surface area contributed by atoms with Crippen molar-refractivity contribution in [2.45, 2.75) is 20.8 Å². The first kappa shape index (κ1) is 8.96. The minimum Gasteiger partial charge on any atom is -0.355 e. The zero-order valence-electron chi connectivity index (χ0n) is 6.56. The number of carbonyl (C=O) groups is 1. The molecule has 0 atom stereocenters. The second kappa shape index (κ2) is 3.21. The van der Waals surface area contributed by atoms with E-state index in [1.165, 1.54) is 0 Å². The van der Waals surface area contributed by atoms with Crippen molar-refractivity contribution < 1.29 is 4.79 Å². The van der Waals surface area contributed by atoms with E-state index in [1.807, 2.05) is 13.0 Å². The molecule has 0 aliphatic rings. The smallest absolute Gasteiger partial charge is 0.239 e. The van der Waals surface area contributed by atoms with Crippen LogP contribution < -0.4 is 5.32 Å². The van der Waals surface area contributed by atoms with Crippen LogP contribution in [-0.2, 0) is 4.79 Å². The SMILES string of the molecule is CCNC(=O)C(C)(C)C#N. The molecule has 0 unspecified atom stereocenters. The van der Waals surface area contributed by atoms with Crippen LogP contribution in [0.2, 0.25) is 0 Å². The van der Waals surface area contributed by atoms with Crippen LogP contribution in [0.3, 0.4) is 0 Å². The van der Waals surface area contributed by atoms with E-state index in [0.29, 0.717) is 6.54 Å². The van der Waals surface area contributed by atoms with Crippen LogP contribution in [-0.4, -0.2) is 12.5 Å². The number of nitriles is 1. The normalized spacial score (nSPS) is 10.2. The minimum atomic E-state index is -0.893. The molecule has 3 heteroatoms. The average Bonchev–Trinajstić information content (AvgIpc) is 1.89. The molecule has 0 aliphatic heterocycles. The maximum atomic E-state index is 11.0. The van der Waals surface area contributed by atoms with Gasteiger partial charge >= 0.3 is 0 Å². The van der Waals surface area contributed by atoms with E-state index in [2.05, 4.69) is 5.32 Å². The molecule has 3 nitrogen and oxygen atoms in total. The summed E-state index contributed by atoms with van der Waals surface area (Å²) >= 11 is 0. The maximum absolute atomic E-state index is 11.0. The Kier molecular flexibility index (Phi) is 2.88. The van der Waals surface area contributed by atoms with Gasteiger partial charge in [-0.1, -0.05) is 0 Å². The molecule has 0 aliphatic carbocycles. The van der Waals surface area contributed by atoms with Gasteiger partial charge in [0.15, 0.2) is 0 Å². The van der Waals surface area contributed by atoms with E-state index in [4.69, 9.17) is 5.26 Å². The van der Waals surface area contributed by atoms with E-state index in [-0.39, 0.29) is 5.91 Å². The van der Waals surface area contributed by atoms with E-state index in [0.717, 1.165) is 0 Å². The Balaban J connectivity index is 4.09. The summed E-state index contributed by atoms with van der Waals surface area (Å²) in [5, 5.41) is 11.1. The Bertz CT molecular complexity index is 167. The fourth-order valence-electron chi connectivity index (χ4n) is 0.432. The summed E-state index contributed by atoms with van der Waals surface area (Å²) in [7, 11) is 0. The summed E-state index contributed by atoms with van der Waals surface area (Å²) in [6.07, 6.45) is 0. The lowest BCUT2D eigenvalue weighted by Crippen LogP contribution is -2.35. The summed E-state index contributed by atoms with van der Waals surface area (Å²) < 4.78 is 0. The first-order chi connectivity index (χ1) is 4.54. The van der Waals surface area contributed by atoms with Gasteiger partial charge in [0, 0.05) is 6.54 Å². The van der Waals surface area contributed by atoms with Gasteiger partial charge < -0.3 is 5.32 Å². The predicted molar refractivity (Wildman–Crippen MR) is 38.1 cm³/mol. The molecule has 0 spiro atoms.